The van der Waals surface area contributed by atoms with E-state index in [0.29, 0.717) is 12.1 Å². The fourth-order valence-corrected chi connectivity index (χ4v) is 3.42. The topological polar surface area (TPSA) is 115 Å². The Bertz CT molecular complexity index is 891. The number of esters is 2. The van der Waals surface area contributed by atoms with Crippen molar-refractivity contribution >= 4 is 46.3 Å². The van der Waals surface area contributed by atoms with Crippen LogP contribution in [0.4, 0.5) is 0 Å². The molecule has 1 fully saturated rings. The van der Waals surface area contributed by atoms with Gasteiger partial charge in [-0.3, -0.25) is 14.2 Å². The van der Waals surface area contributed by atoms with Crippen molar-refractivity contribution in [1.82, 2.24) is 19.5 Å². The summed E-state index contributed by atoms with van der Waals surface area (Å²) < 4.78 is 23.8. The summed E-state index contributed by atoms with van der Waals surface area (Å²) in [6.45, 7) is 4.89. The number of hydrogen-bond acceptors (Lipinski definition) is 9. The van der Waals surface area contributed by atoms with Gasteiger partial charge in [-0.1, -0.05) is 11.6 Å². The van der Waals surface area contributed by atoms with Crippen molar-refractivity contribution in [3.63, 3.8) is 0 Å². The van der Waals surface area contributed by atoms with Gasteiger partial charge in [0.15, 0.2) is 29.2 Å². The van der Waals surface area contributed by atoms with Gasteiger partial charge in [-0.25, -0.2) is 9.97 Å². The number of nitrogens with zero attached hydrogens (tertiary/aromatic N) is 4. The molecule has 1 saturated heterocycles. The highest BCUT2D eigenvalue weighted by Crippen LogP contribution is 2.36. The molecule has 152 valence electrons. The van der Waals surface area contributed by atoms with E-state index in [1.54, 1.807) is 0 Å². The first-order valence-electron chi connectivity index (χ1n) is 8.45. The third-order valence-corrected chi connectivity index (χ3v) is 4.43. The Morgan fingerprint density at radius 3 is 2.50 bits per heavy atom. The highest BCUT2D eigenvalue weighted by molar-refractivity contribution is 6.35. The van der Waals surface area contributed by atoms with Gasteiger partial charge in [0, 0.05) is 20.5 Å². The molecule has 3 rings (SSSR count). The number of aromatic nitrogens is 4. The van der Waals surface area contributed by atoms with Crippen LogP contribution in [0.3, 0.4) is 0 Å². The standard InChI is InChI=1S/C16H18Cl2N4O6/c1-4-25-5-9-11(26-7(2)23)12(27-8(3)24)15(28-9)22-6-19-10-13(17)20-16(18)21-14(10)22/h6,9,11-12,15H,4-5H2,1-3H3/t9-,11-,12-,15?/m1/s1. The molecule has 0 bridgehead atoms. The Labute approximate surface area is 170 Å². The third-order valence-electron chi connectivity index (χ3n) is 4.00. The van der Waals surface area contributed by atoms with Crippen LogP contribution >= 0.6 is 23.2 Å². The summed E-state index contributed by atoms with van der Waals surface area (Å²) in [6, 6.07) is 0. The quantitative estimate of drug-likeness (QED) is 0.383. The minimum Gasteiger partial charge on any atom is -0.456 e. The van der Waals surface area contributed by atoms with E-state index >= 15 is 0 Å². The summed E-state index contributed by atoms with van der Waals surface area (Å²) in [4.78, 5) is 35.5. The molecule has 1 unspecified atom stereocenters. The predicted octanol–water partition coefficient (Wildman–Crippen LogP) is 1.93. The number of ether oxygens (including phenoxy) is 4. The Morgan fingerprint density at radius 2 is 1.86 bits per heavy atom. The molecule has 0 amide bonds. The molecule has 1 aliphatic heterocycles. The third kappa shape index (κ3) is 4.19. The molecule has 0 aromatic carbocycles. The Morgan fingerprint density at radius 1 is 1.18 bits per heavy atom. The van der Waals surface area contributed by atoms with E-state index < -0.39 is 36.5 Å². The Balaban J connectivity index is 2.04. The Kier molecular flexibility index (Phi) is 6.33. The van der Waals surface area contributed by atoms with Crippen LogP contribution in [-0.4, -0.2) is 63.0 Å². The van der Waals surface area contributed by atoms with E-state index in [9.17, 15) is 9.59 Å². The maximum Gasteiger partial charge on any atom is 0.303 e. The number of carbonyl (C=O) groups excluding carboxylic acids is 2. The second-order valence-corrected chi connectivity index (χ2v) is 6.68. The number of fused-ring (bicyclic) bond motifs is 1. The van der Waals surface area contributed by atoms with E-state index in [2.05, 4.69) is 15.0 Å². The van der Waals surface area contributed by atoms with Gasteiger partial charge in [0.05, 0.1) is 12.9 Å². The van der Waals surface area contributed by atoms with Gasteiger partial charge in [-0.05, 0) is 18.5 Å². The van der Waals surface area contributed by atoms with E-state index in [-0.39, 0.29) is 22.7 Å². The van der Waals surface area contributed by atoms with Crippen molar-refractivity contribution in [2.75, 3.05) is 13.2 Å². The first-order chi connectivity index (χ1) is 13.3. The van der Waals surface area contributed by atoms with Gasteiger partial charge >= 0.3 is 11.9 Å². The molecule has 0 saturated carbocycles. The minimum atomic E-state index is -0.961. The van der Waals surface area contributed by atoms with Gasteiger partial charge in [0.2, 0.25) is 5.28 Å². The van der Waals surface area contributed by atoms with Crippen molar-refractivity contribution in [2.24, 2.45) is 0 Å². The average Bonchev–Trinajstić information content (AvgIpc) is 3.15. The SMILES string of the molecule is CCOC[C@H]1OC(n2cnc3c(Cl)nc(Cl)nc32)[C@H](OC(C)=O)[C@@H]1OC(C)=O. The van der Waals surface area contributed by atoms with Gasteiger partial charge in [0.25, 0.3) is 0 Å². The second kappa shape index (κ2) is 8.56. The molecule has 1 aliphatic rings. The normalized spacial score (nSPS) is 24.5. The molecule has 12 heteroatoms. The molecule has 0 spiro atoms. The molecule has 2 aromatic heterocycles. The maximum atomic E-state index is 11.7. The summed E-state index contributed by atoms with van der Waals surface area (Å²) in [5.41, 5.74) is 0.583. The van der Waals surface area contributed by atoms with E-state index in [1.807, 2.05) is 6.92 Å². The Hall–Kier alpha value is -2.01. The summed E-state index contributed by atoms with van der Waals surface area (Å²) >= 11 is 12.0. The molecule has 0 N–H and O–H groups in total. The lowest BCUT2D eigenvalue weighted by atomic mass is 10.1. The van der Waals surface area contributed by atoms with Crippen molar-refractivity contribution in [1.29, 1.82) is 0 Å². The minimum absolute atomic E-state index is 0.0678. The molecule has 4 atom stereocenters. The maximum absolute atomic E-state index is 11.7. The van der Waals surface area contributed by atoms with E-state index in [1.165, 1.54) is 24.7 Å². The summed E-state index contributed by atoms with van der Waals surface area (Å²) in [6.07, 6.45) is -2.01. The molecule has 28 heavy (non-hydrogen) atoms. The van der Waals surface area contributed by atoms with Crippen molar-refractivity contribution < 1.29 is 28.5 Å². The van der Waals surface area contributed by atoms with Crippen LogP contribution in [0, 0.1) is 0 Å². The van der Waals surface area contributed by atoms with Gasteiger partial charge in [-0.2, -0.15) is 4.98 Å². The first kappa shape index (κ1) is 20.7. The molecule has 3 heterocycles. The molecular formula is C16H18Cl2N4O6. The highest BCUT2D eigenvalue weighted by Gasteiger charge is 2.50. The molecular weight excluding hydrogens is 415 g/mol. The number of carbonyl (C=O) groups is 2. The van der Waals surface area contributed by atoms with Crippen LogP contribution in [0.5, 0.6) is 0 Å². The summed E-state index contributed by atoms with van der Waals surface area (Å²) in [5, 5.41) is -0.0122. The average molecular weight is 433 g/mol. The molecule has 2 aromatic rings. The van der Waals surface area contributed by atoms with Gasteiger partial charge < -0.3 is 18.9 Å². The summed E-state index contributed by atoms with van der Waals surface area (Å²) in [7, 11) is 0. The smallest absolute Gasteiger partial charge is 0.303 e. The number of imidazole rings is 1. The van der Waals surface area contributed by atoms with Crippen LogP contribution in [0.15, 0.2) is 6.33 Å². The lowest BCUT2D eigenvalue weighted by molar-refractivity contribution is -0.165. The zero-order valence-electron chi connectivity index (χ0n) is 15.3. The fourth-order valence-electron chi connectivity index (χ4n) is 2.99. The largest absolute Gasteiger partial charge is 0.456 e. The lowest BCUT2D eigenvalue weighted by Gasteiger charge is -2.23. The molecule has 0 aliphatic carbocycles. The highest BCUT2D eigenvalue weighted by atomic mass is 35.5. The predicted molar refractivity (Wildman–Crippen MR) is 96.9 cm³/mol. The van der Waals surface area contributed by atoms with Crippen LogP contribution in [0.2, 0.25) is 10.4 Å². The van der Waals surface area contributed by atoms with E-state index in [4.69, 9.17) is 42.1 Å². The zero-order chi connectivity index (χ0) is 20.4. The van der Waals surface area contributed by atoms with Crippen molar-refractivity contribution in [3.8, 4) is 0 Å². The van der Waals surface area contributed by atoms with Crippen LogP contribution in [-0.2, 0) is 28.5 Å². The van der Waals surface area contributed by atoms with Crippen LogP contribution in [0.25, 0.3) is 11.2 Å². The summed E-state index contributed by atoms with van der Waals surface area (Å²) in [5.74, 6) is -1.11. The number of halogens is 2. The molecule has 0 radical (unpaired) electrons. The van der Waals surface area contributed by atoms with Crippen LogP contribution in [0.1, 0.15) is 27.0 Å². The van der Waals surface area contributed by atoms with Crippen molar-refractivity contribution in [3.05, 3.63) is 16.8 Å². The zero-order valence-corrected chi connectivity index (χ0v) is 16.8. The number of hydrogen-bond donors (Lipinski definition) is 0. The number of rotatable bonds is 6. The fraction of sp³-hybridized carbons (Fsp3) is 0.562. The monoisotopic (exact) mass is 432 g/mol. The molecule has 10 nitrogen and oxygen atoms in total. The lowest BCUT2D eigenvalue weighted by Crippen LogP contribution is -2.40. The first-order valence-corrected chi connectivity index (χ1v) is 9.20. The second-order valence-electron chi connectivity index (χ2n) is 5.98. The van der Waals surface area contributed by atoms with E-state index in [0.717, 1.165) is 0 Å². The van der Waals surface area contributed by atoms with Crippen LogP contribution < -0.4 is 0 Å². The van der Waals surface area contributed by atoms with Gasteiger partial charge in [0.1, 0.15) is 11.6 Å². The van der Waals surface area contributed by atoms with Crippen molar-refractivity contribution in [2.45, 2.75) is 45.3 Å². The van der Waals surface area contributed by atoms with Gasteiger partial charge in [-0.15, -0.1) is 0 Å².